The number of amides is 1. The first-order valence-corrected chi connectivity index (χ1v) is 13.2. The van der Waals surface area contributed by atoms with Gasteiger partial charge in [-0.3, -0.25) is 10.1 Å². The lowest BCUT2D eigenvalue weighted by molar-refractivity contribution is 0.102. The quantitative estimate of drug-likeness (QED) is 0.701. The van der Waals surface area contributed by atoms with E-state index in [0.29, 0.717) is 17.2 Å². The van der Waals surface area contributed by atoms with Gasteiger partial charge < -0.3 is 0 Å². The van der Waals surface area contributed by atoms with Crippen LogP contribution < -0.4 is 5.32 Å². The van der Waals surface area contributed by atoms with Crippen LogP contribution >= 0.6 is 11.3 Å². The van der Waals surface area contributed by atoms with E-state index in [0.717, 1.165) is 50.6 Å². The summed E-state index contributed by atoms with van der Waals surface area (Å²) < 4.78 is 28.0. The Balaban J connectivity index is 1.47. The number of sulfonamides is 1. The Labute approximate surface area is 182 Å². The molecule has 162 valence electrons. The zero-order valence-electron chi connectivity index (χ0n) is 17.4. The number of aromatic nitrogens is 1. The van der Waals surface area contributed by atoms with Crippen molar-refractivity contribution in [2.45, 2.75) is 75.6 Å². The molecule has 2 aliphatic rings. The number of aryl methyl sites for hydroxylation is 2. The molecule has 0 saturated heterocycles. The van der Waals surface area contributed by atoms with Crippen LogP contribution in [0.3, 0.4) is 0 Å². The standard InChI is InChI=1S/C22H29N3O3S2/c1-2-25(17-8-4-3-5-9-17)30(27,28)18-14-12-16(13-15-18)21(26)24-22-23-19-10-6-7-11-20(19)29-22/h12-15,17H,2-11H2,1H3,(H,23,24,26). The van der Waals surface area contributed by atoms with Gasteiger partial charge in [0.25, 0.3) is 5.91 Å². The molecule has 1 N–H and O–H groups in total. The number of hydrogen-bond acceptors (Lipinski definition) is 5. The molecule has 8 heteroatoms. The predicted molar refractivity (Wildman–Crippen MR) is 120 cm³/mol. The number of nitrogens with zero attached hydrogens (tertiary/aromatic N) is 2. The van der Waals surface area contributed by atoms with Crippen LogP contribution in [0.5, 0.6) is 0 Å². The Morgan fingerprint density at radius 3 is 2.47 bits per heavy atom. The van der Waals surface area contributed by atoms with Gasteiger partial charge >= 0.3 is 0 Å². The molecule has 0 bridgehead atoms. The van der Waals surface area contributed by atoms with Crippen molar-refractivity contribution in [3.05, 3.63) is 40.4 Å². The van der Waals surface area contributed by atoms with Gasteiger partial charge in [-0.1, -0.05) is 26.2 Å². The summed E-state index contributed by atoms with van der Waals surface area (Å²) >= 11 is 1.54. The summed E-state index contributed by atoms with van der Waals surface area (Å²) in [6.45, 7) is 2.35. The van der Waals surface area contributed by atoms with E-state index in [1.165, 1.54) is 17.7 Å². The monoisotopic (exact) mass is 447 g/mol. The highest BCUT2D eigenvalue weighted by Gasteiger charge is 2.31. The fourth-order valence-corrected chi connectivity index (χ4v) is 7.22. The molecule has 0 atom stereocenters. The molecule has 0 aliphatic heterocycles. The van der Waals surface area contributed by atoms with Crippen molar-refractivity contribution in [2.24, 2.45) is 0 Å². The van der Waals surface area contributed by atoms with E-state index in [2.05, 4.69) is 10.3 Å². The highest BCUT2D eigenvalue weighted by Crippen LogP contribution is 2.30. The number of rotatable bonds is 6. The summed E-state index contributed by atoms with van der Waals surface area (Å²) in [5.41, 5.74) is 1.54. The van der Waals surface area contributed by atoms with Crippen LogP contribution in [-0.2, 0) is 22.9 Å². The number of thiazole rings is 1. The average molecular weight is 448 g/mol. The van der Waals surface area contributed by atoms with Crippen molar-refractivity contribution >= 4 is 32.4 Å². The van der Waals surface area contributed by atoms with Crippen molar-refractivity contribution in [1.82, 2.24) is 9.29 Å². The molecule has 1 amide bonds. The summed E-state index contributed by atoms with van der Waals surface area (Å²) in [6, 6.07) is 6.34. The van der Waals surface area contributed by atoms with Crippen LogP contribution in [0.4, 0.5) is 5.13 Å². The summed E-state index contributed by atoms with van der Waals surface area (Å²) in [7, 11) is -3.56. The van der Waals surface area contributed by atoms with Gasteiger partial charge in [0.1, 0.15) is 0 Å². The lowest BCUT2D eigenvalue weighted by atomic mass is 9.95. The third-order valence-corrected chi connectivity index (χ3v) is 9.20. The van der Waals surface area contributed by atoms with E-state index in [-0.39, 0.29) is 16.8 Å². The maximum absolute atomic E-state index is 13.2. The van der Waals surface area contributed by atoms with Crippen LogP contribution in [-0.4, -0.2) is 36.2 Å². The Bertz CT molecular complexity index is 970. The van der Waals surface area contributed by atoms with Gasteiger partial charge in [-0.15, -0.1) is 11.3 Å². The minimum Gasteiger partial charge on any atom is -0.298 e. The Morgan fingerprint density at radius 2 is 1.80 bits per heavy atom. The number of benzene rings is 1. The molecule has 1 saturated carbocycles. The molecule has 1 aromatic heterocycles. The summed E-state index contributed by atoms with van der Waals surface area (Å²) in [5.74, 6) is -0.260. The van der Waals surface area contributed by atoms with Crippen LogP contribution in [0.25, 0.3) is 0 Å². The first kappa shape index (κ1) is 21.5. The highest BCUT2D eigenvalue weighted by atomic mass is 32.2. The number of carbonyl (C=O) groups is 1. The minimum absolute atomic E-state index is 0.0765. The first-order chi connectivity index (χ1) is 14.5. The molecule has 0 radical (unpaired) electrons. The molecule has 2 aromatic rings. The smallest absolute Gasteiger partial charge is 0.257 e. The second kappa shape index (κ2) is 9.16. The molecule has 30 heavy (non-hydrogen) atoms. The van der Waals surface area contributed by atoms with Crippen molar-refractivity contribution in [1.29, 1.82) is 0 Å². The molecule has 0 spiro atoms. The summed E-state index contributed by atoms with van der Waals surface area (Å²) in [5, 5.41) is 3.49. The maximum atomic E-state index is 13.2. The third-order valence-electron chi connectivity index (χ3n) is 6.08. The zero-order valence-corrected chi connectivity index (χ0v) is 19.0. The van der Waals surface area contributed by atoms with Gasteiger partial charge in [0.05, 0.1) is 10.6 Å². The van der Waals surface area contributed by atoms with E-state index in [9.17, 15) is 13.2 Å². The van der Waals surface area contributed by atoms with Gasteiger partial charge in [0.15, 0.2) is 5.13 Å². The summed E-state index contributed by atoms with van der Waals surface area (Å²) in [6.07, 6.45) is 9.51. The second-order valence-corrected chi connectivity index (χ2v) is 11.0. The van der Waals surface area contributed by atoms with Gasteiger partial charge in [0.2, 0.25) is 10.0 Å². The van der Waals surface area contributed by atoms with Gasteiger partial charge in [-0.2, -0.15) is 4.31 Å². The molecule has 6 nitrogen and oxygen atoms in total. The predicted octanol–water partition coefficient (Wildman–Crippen LogP) is 4.62. The zero-order chi connectivity index (χ0) is 21.1. The number of anilines is 1. The SMILES string of the molecule is CCN(C1CCCCC1)S(=O)(=O)c1ccc(C(=O)Nc2nc3c(s2)CCCC3)cc1. The van der Waals surface area contributed by atoms with Crippen molar-refractivity contribution in [3.63, 3.8) is 0 Å². The van der Waals surface area contributed by atoms with Crippen LogP contribution in [0, 0.1) is 0 Å². The lowest BCUT2D eigenvalue weighted by Gasteiger charge is -2.32. The lowest BCUT2D eigenvalue weighted by Crippen LogP contribution is -2.41. The highest BCUT2D eigenvalue weighted by molar-refractivity contribution is 7.89. The first-order valence-electron chi connectivity index (χ1n) is 10.9. The number of fused-ring (bicyclic) bond motifs is 1. The minimum atomic E-state index is -3.56. The Hall–Kier alpha value is -1.77. The van der Waals surface area contributed by atoms with Crippen LogP contribution in [0.1, 0.15) is 72.8 Å². The summed E-state index contributed by atoms with van der Waals surface area (Å²) in [4.78, 5) is 18.7. The van der Waals surface area contributed by atoms with Gasteiger partial charge in [-0.05, 0) is 62.8 Å². The number of carbonyl (C=O) groups excluding carboxylic acids is 1. The van der Waals surface area contributed by atoms with Crippen LogP contribution in [0.2, 0.25) is 0 Å². The van der Waals surface area contributed by atoms with E-state index in [4.69, 9.17) is 0 Å². The van der Waals surface area contributed by atoms with Crippen molar-refractivity contribution < 1.29 is 13.2 Å². The van der Waals surface area contributed by atoms with Gasteiger partial charge in [0, 0.05) is 23.0 Å². The fraction of sp³-hybridized carbons (Fsp3) is 0.545. The molecule has 0 unspecified atom stereocenters. The van der Waals surface area contributed by atoms with E-state index >= 15 is 0 Å². The molecule has 1 fully saturated rings. The largest absolute Gasteiger partial charge is 0.298 e. The Morgan fingerprint density at radius 1 is 1.10 bits per heavy atom. The van der Waals surface area contributed by atoms with Crippen LogP contribution in [0.15, 0.2) is 29.2 Å². The average Bonchev–Trinajstić information content (AvgIpc) is 3.17. The molecular formula is C22H29N3O3S2. The third kappa shape index (κ3) is 4.45. The van der Waals surface area contributed by atoms with E-state index in [1.807, 2.05) is 6.92 Å². The number of nitrogens with one attached hydrogen (secondary N) is 1. The van der Waals surface area contributed by atoms with E-state index in [1.54, 1.807) is 39.9 Å². The van der Waals surface area contributed by atoms with Gasteiger partial charge in [-0.25, -0.2) is 13.4 Å². The van der Waals surface area contributed by atoms with Crippen molar-refractivity contribution in [2.75, 3.05) is 11.9 Å². The normalized spacial score (nSPS) is 17.7. The molecule has 1 heterocycles. The fourth-order valence-electron chi connectivity index (χ4n) is 4.48. The topological polar surface area (TPSA) is 79.4 Å². The second-order valence-electron chi connectivity index (χ2n) is 8.07. The Kier molecular flexibility index (Phi) is 6.55. The molecular weight excluding hydrogens is 418 g/mol. The van der Waals surface area contributed by atoms with Crippen molar-refractivity contribution in [3.8, 4) is 0 Å². The maximum Gasteiger partial charge on any atom is 0.257 e. The molecule has 4 rings (SSSR count). The molecule has 2 aliphatic carbocycles. The number of hydrogen-bond donors (Lipinski definition) is 1. The van der Waals surface area contributed by atoms with E-state index < -0.39 is 10.0 Å². The molecule has 1 aromatic carbocycles.